The normalized spacial score (nSPS) is 14.5. The van der Waals surface area contributed by atoms with Crippen molar-refractivity contribution in [3.05, 3.63) is 52.5 Å². The summed E-state index contributed by atoms with van der Waals surface area (Å²) in [6.45, 7) is 1.66. The van der Waals surface area contributed by atoms with Gasteiger partial charge in [-0.05, 0) is 61.7 Å². The number of nitrogens with zero attached hydrogens (tertiary/aromatic N) is 2. The van der Waals surface area contributed by atoms with Crippen LogP contribution >= 0.6 is 23.2 Å². The third-order valence-corrected chi connectivity index (χ3v) is 6.42. The van der Waals surface area contributed by atoms with E-state index in [1.165, 1.54) is 31.4 Å². The minimum atomic E-state index is -3.74. The van der Waals surface area contributed by atoms with Crippen LogP contribution in [0.2, 0.25) is 10.0 Å². The summed E-state index contributed by atoms with van der Waals surface area (Å²) in [4.78, 5) is 14.8. The van der Waals surface area contributed by atoms with Crippen molar-refractivity contribution in [2.75, 3.05) is 40.4 Å². The fourth-order valence-electron chi connectivity index (χ4n) is 3.30. The molecule has 0 bridgehead atoms. The number of halogens is 2. The topological polar surface area (TPSA) is 69.7 Å². The first-order valence-electron chi connectivity index (χ1n) is 9.32. The van der Waals surface area contributed by atoms with Crippen molar-refractivity contribution in [3.8, 4) is 0 Å². The number of rotatable bonds is 6. The molecule has 6 nitrogen and oxygen atoms in total. The molecular formula is C20H23Cl2N3O3S. The molecule has 1 saturated heterocycles. The standard InChI is InChI=1S/C20H23Cl2N3O3S/c1-29(27,28)25(19-13-15(21)5-10-18(19)22)14-20(26)23-16-6-8-17(9-7-16)24-11-3-2-4-12-24/h5-10,13H,2-4,11-12,14H2,1H3,(H,23,26). The monoisotopic (exact) mass is 455 g/mol. The first-order valence-corrected chi connectivity index (χ1v) is 11.9. The molecule has 9 heteroatoms. The Morgan fingerprint density at radius 1 is 1.07 bits per heavy atom. The number of piperidine rings is 1. The number of carbonyl (C=O) groups excluding carboxylic acids is 1. The van der Waals surface area contributed by atoms with Crippen molar-refractivity contribution in [1.29, 1.82) is 0 Å². The zero-order valence-electron chi connectivity index (χ0n) is 16.1. The maximum Gasteiger partial charge on any atom is 0.245 e. The second-order valence-electron chi connectivity index (χ2n) is 7.01. The summed E-state index contributed by atoms with van der Waals surface area (Å²) >= 11 is 12.1. The number of hydrogen-bond donors (Lipinski definition) is 1. The van der Waals surface area contributed by atoms with E-state index in [1.54, 1.807) is 6.07 Å². The SMILES string of the molecule is CS(=O)(=O)N(CC(=O)Nc1ccc(N2CCCCC2)cc1)c1cc(Cl)ccc1Cl. The van der Waals surface area contributed by atoms with Crippen LogP contribution in [0.1, 0.15) is 19.3 Å². The molecule has 2 aromatic carbocycles. The molecule has 0 spiro atoms. The average molecular weight is 456 g/mol. The molecule has 0 aromatic heterocycles. The molecule has 0 aliphatic carbocycles. The van der Waals surface area contributed by atoms with Crippen LogP contribution in [-0.2, 0) is 14.8 Å². The van der Waals surface area contributed by atoms with Crippen LogP contribution in [-0.4, -0.2) is 40.2 Å². The number of hydrogen-bond acceptors (Lipinski definition) is 4. The fourth-order valence-corrected chi connectivity index (χ4v) is 4.59. The third kappa shape index (κ3) is 5.78. The van der Waals surface area contributed by atoms with Gasteiger partial charge in [-0.3, -0.25) is 9.10 Å². The van der Waals surface area contributed by atoms with Gasteiger partial charge in [-0.2, -0.15) is 0 Å². The lowest BCUT2D eigenvalue weighted by Gasteiger charge is -2.29. The quantitative estimate of drug-likeness (QED) is 0.700. The number of carbonyl (C=O) groups is 1. The molecule has 1 aliphatic heterocycles. The van der Waals surface area contributed by atoms with Crippen molar-refractivity contribution in [2.24, 2.45) is 0 Å². The first kappa shape index (κ1) is 21.7. The van der Waals surface area contributed by atoms with Crippen molar-refractivity contribution >= 4 is 56.2 Å². The largest absolute Gasteiger partial charge is 0.372 e. The highest BCUT2D eigenvalue weighted by Gasteiger charge is 2.23. The molecule has 3 rings (SSSR count). The molecule has 2 aromatic rings. The number of amides is 1. The first-order chi connectivity index (χ1) is 13.7. The number of benzene rings is 2. The van der Waals surface area contributed by atoms with Crippen LogP contribution in [0.5, 0.6) is 0 Å². The average Bonchev–Trinajstić information content (AvgIpc) is 2.68. The molecule has 1 heterocycles. The smallest absolute Gasteiger partial charge is 0.245 e. The number of sulfonamides is 1. The molecule has 1 aliphatic rings. The van der Waals surface area contributed by atoms with Crippen LogP contribution in [0.4, 0.5) is 17.1 Å². The Balaban J connectivity index is 1.71. The molecule has 29 heavy (non-hydrogen) atoms. The Morgan fingerprint density at radius 2 is 1.72 bits per heavy atom. The maximum atomic E-state index is 12.5. The van der Waals surface area contributed by atoms with E-state index < -0.39 is 22.5 Å². The van der Waals surface area contributed by atoms with Gasteiger partial charge in [-0.1, -0.05) is 23.2 Å². The van der Waals surface area contributed by atoms with Crippen LogP contribution in [0.3, 0.4) is 0 Å². The van der Waals surface area contributed by atoms with E-state index in [2.05, 4.69) is 10.2 Å². The predicted molar refractivity (Wildman–Crippen MR) is 120 cm³/mol. The van der Waals surface area contributed by atoms with E-state index >= 15 is 0 Å². The van der Waals surface area contributed by atoms with Gasteiger partial charge in [0.25, 0.3) is 0 Å². The maximum absolute atomic E-state index is 12.5. The van der Waals surface area contributed by atoms with Gasteiger partial charge >= 0.3 is 0 Å². The van der Waals surface area contributed by atoms with Gasteiger partial charge < -0.3 is 10.2 Å². The van der Waals surface area contributed by atoms with Crippen LogP contribution in [0.25, 0.3) is 0 Å². The highest BCUT2D eigenvalue weighted by Crippen LogP contribution is 2.30. The Hall–Kier alpha value is -1.96. The summed E-state index contributed by atoms with van der Waals surface area (Å²) in [5, 5.41) is 3.26. The van der Waals surface area contributed by atoms with Gasteiger partial charge in [0, 0.05) is 29.5 Å². The van der Waals surface area contributed by atoms with Gasteiger partial charge in [0.05, 0.1) is 17.0 Å². The van der Waals surface area contributed by atoms with Crippen LogP contribution in [0.15, 0.2) is 42.5 Å². The molecule has 1 amide bonds. The van der Waals surface area contributed by atoms with Crippen molar-refractivity contribution < 1.29 is 13.2 Å². The van der Waals surface area contributed by atoms with E-state index in [0.717, 1.165) is 29.3 Å². The van der Waals surface area contributed by atoms with E-state index in [1.807, 2.05) is 24.3 Å². The second kappa shape index (κ2) is 9.24. The number of nitrogens with one attached hydrogen (secondary N) is 1. The molecule has 156 valence electrons. The Bertz CT molecular complexity index is 975. The van der Waals surface area contributed by atoms with Gasteiger partial charge in [0.15, 0.2) is 0 Å². The van der Waals surface area contributed by atoms with Crippen molar-refractivity contribution in [1.82, 2.24) is 0 Å². The molecule has 1 N–H and O–H groups in total. The highest BCUT2D eigenvalue weighted by molar-refractivity contribution is 7.92. The summed E-state index contributed by atoms with van der Waals surface area (Å²) < 4.78 is 25.4. The summed E-state index contributed by atoms with van der Waals surface area (Å²) in [6, 6.07) is 12.0. The third-order valence-electron chi connectivity index (χ3n) is 4.74. The molecule has 0 saturated carbocycles. The fraction of sp³-hybridized carbons (Fsp3) is 0.350. The second-order valence-corrected chi connectivity index (χ2v) is 9.76. The van der Waals surface area contributed by atoms with Gasteiger partial charge in [0.1, 0.15) is 6.54 Å². The molecular weight excluding hydrogens is 433 g/mol. The molecule has 0 unspecified atom stereocenters. The van der Waals surface area contributed by atoms with Gasteiger partial charge in [-0.15, -0.1) is 0 Å². The predicted octanol–water partition coefficient (Wildman–Crippen LogP) is 4.39. The lowest BCUT2D eigenvalue weighted by atomic mass is 10.1. The van der Waals surface area contributed by atoms with E-state index in [9.17, 15) is 13.2 Å². The summed E-state index contributed by atoms with van der Waals surface area (Å²) in [5.74, 6) is -0.475. The molecule has 0 atom stereocenters. The summed E-state index contributed by atoms with van der Waals surface area (Å²) in [5.41, 5.74) is 1.88. The lowest BCUT2D eigenvalue weighted by molar-refractivity contribution is -0.114. The van der Waals surface area contributed by atoms with Crippen molar-refractivity contribution in [3.63, 3.8) is 0 Å². The minimum absolute atomic E-state index is 0.164. The van der Waals surface area contributed by atoms with E-state index in [0.29, 0.717) is 10.7 Å². The van der Waals surface area contributed by atoms with Gasteiger partial charge in [-0.25, -0.2) is 8.42 Å². The Kier molecular flexibility index (Phi) is 6.93. The minimum Gasteiger partial charge on any atom is -0.372 e. The highest BCUT2D eigenvalue weighted by atomic mass is 35.5. The lowest BCUT2D eigenvalue weighted by Crippen LogP contribution is -2.37. The molecule has 0 radical (unpaired) electrons. The zero-order chi connectivity index (χ0) is 21.0. The van der Waals surface area contributed by atoms with E-state index in [-0.39, 0.29) is 10.7 Å². The van der Waals surface area contributed by atoms with Crippen LogP contribution in [0, 0.1) is 0 Å². The molecule has 1 fully saturated rings. The summed E-state index contributed by atoms with van der Waals surface area (Å²) in [7, 11) is -3.74. The van der Waals surface area contributed by atoms with Gasteiger partial charge in [0.2, 0.25) is 15.9 Å². The van der Waals surface area contributed by atoms with Crippen LogP contribution < -0.4 is 14.5 Å². The van der Waals surface area contributed by atoms with Crippen molar-refractivity contribution in [2.45, 2.75) is 19.3 Å². The Labute approximate surface area is 181 Å². The Morgan fingerprint density at radius 3 is 2.34 bits per heavy atom. The number of anilines is 3. The van der Waals surface area contributed by atoms with E-state index in [4.69, 9.17) is 23.2 Å². The summed E-state index contributed by atoms with van der Waals surface area (Å²) in [6.07, 6.45) is 4.65. The zero-order valence-corrected chi connectivity index (χ0v) is 18.4.